The van der Waals surface area contributed by atoms with Gasteiger partial charge in [-0.05, 0) is 71.1 Å². The van der Waals surface area contributed by atoms with Gasteiger partial charge in [0.1, 0.15) is 12.2 Å². The van der Waals surface area contributed by atoms with Crippen LogP contribution < -0.4 is 24.7 Å². The van der Waals surface area contributed by atoms with Gasteiger partial charge in [0.25, 0.3) is 5.69 Å². The maximum atomic E-state index is 10.8. The SMILES string of the molecule is CCC(C)N1CCC(Oc2ccc(N)cc2OC)CC1.CO.COc1cc([N+](=O)[O-])ccc1OC1CCN(C(C)C)CC1. The van der Waals surface area contributed by atoms with E-state index in [4.69, 9.17) is 29.8 Å². The Kier molecular flexibility index (Phi) is 15.4. The molecule has 0 aliphatic carbocycles. The van der Waals surface area contributed by atoms with E-state index in [1.54, 1.807) is 13.2 Å². The lowest BCUT2D eigenvalue weighted by Gasteiger charge is -2.35. The first-order valence-corrected chi connectivity index (χ1v) is 15.2. The summed E-state index contributed by atoms with van der Waals surface area (Å²) in [5, 5.41) is 17.8. The van der Waals surface area contributed by atoms with Crippen LogP contribution in [0.2, 0.25) is 0 Å². The predicted molar refractivity (Wildman–Crippen MR) is 171 cm³/mol. The molecule has 2 aromatic rings. The predicted octanol–water partition coefficient (Wildman–Crippen LogP) is 5.38. The Labute approximate surface area is 257 Å². The van der Waals surface area contributed by atoms with Crippen LogP contribution in [0.25, 0.3) is 0 Å². The molecule has 4 rings (SSSR count). The van der Waals surface area contributed by atoms with E-state index in [-0.39, 0.29) is 17.9 Å². The molecule has 0 saturated carbocycles. The molecule has 2 heterocycles. The van der Waals surface area contributed by atoms with Crippen molar-refractivity contribution in [2.24, 2.45) is 0 Å². The fourth-order valence-corrected chi connectivity index (χ4v) is 5.21. The van der Waals surface area contributed by atoms with Crippen LogP contribution in [0, 0.1) is 10.1 Å². The number of aliphatic hydroxyl groups excluding tert-OH is 1. The monoisotopic (exact) mass is 604 g/mol. The third kappa shape index (κ3) is 11.1. The van der Waals surface area contributed by atoms with Crippen molar-refractivity contribution < 1.29 is 29.0 Å². The maximum absolute atomic E-state index is 10.8. The standard InChI is InChI=1S/C16H26N2O2.C15H22N2O4.CH4O/c1-4-12(2)18-9-7-14(8-10-18)20-15-6-5-13(17)11-16(15)19-3;1-11(2)16-8-6-13(7-9-16)21-14-5-4-12(17(18)19)10-15(14)20-3;1-2/h5-6,11-12,14H,4,7-10,17H2,1-3H3;4-5,10-11,13H,6-9H2,1-3H3;2H,1H3. The van der Waals surface area contributed by atoms with Crippen molar-refractivity contribution in [2.75, 3.05) is 53.2 Å². The van der Waals surface area contributed by atoms with E-state index in [0.717, 1.165) is 64.7 Å². The topological polar surface area (TPSA) is 133 Å². The molecule has 2 aromatic carbocycles. The molecule has 0 bridgehead atoms. The Morgan fingerprint density at radius 3 is 1.74 bits per heavy atom. The highest BCUT2D eigenvalue weighted by atomic mass is 16.6. The molecule has 11 nitrogen and oxygen atoms in total. The first kappa shape index (κ1) is 35.9. The van der Waals surface area contributed by atoms with E-state index in [0.29, 0.717) is 35.0 Å². The van der Waals surface area contributed by atoms with E-state index < -0.39 is 4.92 Å². The first-order valence-electron chi connectivity index (χ1n) is 15.2. The van der Waals surface area contributed by atoms with Crippen LogP contribution in [0.15, 0.2) is 36.4 Å². The quantitative estimate of drug-likeness (QED) is 0.207. The lowest BCUT2D eigenvalue weighted by atomic mass is 10.0. The van der Waals surface area contributed by atoms with Crippen molar-refractivity contribution in [1.82, 2.24) is 9.80 Å². The molecular formula is C32H52N4O7. The number of benzene rings is 2. The van der Waals surface area contributed by atoms with E-state index in [1.165, 1.54) is 25.7 Å². The number of nitrogen functional groups attached to an aromatic ring is 1. The number of likely N-dealkylation sites (tertiary alicyclic amines) is 2. The van der Waals surface area contributed by atoms with Gasteiger partial charge < -0.3 is 39.6 Å². The number of methoxy groups -OCH3 is 2. The second-order valence-electron chi connectivity index (χ2n) is 11.1. The van der Waals surface area contributed by atoms with E-state index in [1.807, 2.05) is 18.2 Å². The van der Waals surface area contributed by atoms with Crippen LogP contribution in [0.1, 0.15) is 59.8 Å². The van der Waals surface area contributed by atoms with Crippen molar-refractivity contribution in [3.05, 3.63) is 46.5 Å². The molecule has 2 fully saturated rings. The highest BCUT2D eigenvalue weighted by Gasteiger charge is 2.25. The average molecular weight is 605 g/mol. The molecule has 1 unspecified atom stereocenters. The smallest absolute Gasteiger partial charge is 0.273 e. The molecule has 0 radical (unpaired) electrons. The summed E-state index contributed by atoms with van der Waals surface area (Å²) in [7, 11) is 4.14. The Balaban J connectivity index is 0.000000284. The van der Waals surface area contributed by atoms with Gasteiger partial charge in [0.05, 0.1) is 25.2 Å². The first-order chi connectivity index (χ1) is 20.6. The molecule has 2 saturated heterocycles. The van der Waals surface area contributed by atoms with Crippen molar-refractivity contribution in [1.29, 1.82) is 0 Å². The fraction of sp³-hybridized carbons (Fsp3) is 0.625. The van der Waals surface area contributed by atoms with Crippen molar-refractivity contribution >= 4 is 11.4 Å². The third-order valence-electron chi connectivity index (χ3n) is 8.03. The number of piperidine rings is 2. The number of nitro groups is 1. The summed E-state index contributed by atoms with van der Waals surface area (Å²) in [5.41, 5.74) is 6.46. The second-order valence-corrected chi connectivity index (χ2v) is 11.1. The van der Waals surface area contributed by atoms with Gasteiger partial charge in [0.2, 0.25) is 0 Å². The van der Waals surface area contributed by atoms with Crippen molar-refractivity contribution in [2.45, 2.75) is 84.1 Å². The number of non-ortho nitro benzene ring substituents is 1. The second kappa shape index (κ2) is 18.4. The van der Waals surface area contributed by atoms with Crippen LogP contribution in [0.3, 0.4) is 0 Å². The number of hydrogen-bond acceptors (Lipinski definition) is 10. The number of rotatable bonds is 10. The summed E-state index contributed by atoms with van der Waals surface area (Å²) in [6, 6.07) is 11.2. The highest BCUT2D eigenvalue weighted by molar-refractivity contribution is 5.52. The van der Waals surface area contributed by atoms with E-state index in [9.17, 15) is 10.1 Å². The van der Waals surface area contributed by atoms with E-state index >= 15 is 0 Å². The van der Waals surface area contributed by atoms with Gasteiger partial charge >= 0.3 is 0 Å². The Hall–Kier alpha value is -3.28. The zero-order valence-electron chi connectivity index (χ0n) is 27.0. The zero-order valence-corrected chi connectivity index (χ0v) is 27.0. The zero-order chi connectivity index (χ0) is 31.9. The molecule has 0 amide bonds. The Morgan fingerprint density at radius 1 is 0.837 bits per heavy atom. The molecule has 3 N–H and O–H groups in total. The van der Waals surface area contributed by atoms with Gasteiger partial charge in [0, 0.05) is 63.2 Å². The van der Waals surface area contributed by atoms with Crippen molar-refractivity contribution in [3.8, 4) is 23.0 Å². The minimum absolute atomic E-state index is 0.00817. The normalized spacial score (nSPS) is 17.1. The van der Waals surface area contributed by atoms with Gasteiger partial charge in [-0.3, -0.25) is 10.1 Å². The molecule has 11 heteroatoms. The number of aliphatic hydroxyl groups is 1. The number of nitrogens with zero attached hydrogens (tertiary/aromatic N) is 3. The minimum atomic E-state index is -0.437. The number of anilines is 1. The summed E-state index contributed by atoms with van der Waals surface area (Å²) in [5.74, 6) is 2.50. The Morgan fingerprint density at radius 2 is 1.30 bits per heavy atom. The molecule has 0 spiro atoms. The average Bonchev–Trinajstić information content (AvgIpc) is 3.03. The molecule has 2 aliphatic heterocycles. The highest BCUT2D eigenvalue weighted by Crippen LogP contribution is 2.34. The summed E-state index contributed by atoms with van der Waals surface area (Å²) >= 11 is 0. The molecule has 0 aromatic heterocycles. The summed E-state index contributed by atoms with van der Waals surface area (Å²) in [6.45, 7) is 13.2. The lowest BCUT2D eigenvalue weighted by Crippen LogP contribution is -2.42. The molecule has 2 aliphatic rings. The van der Waals surface area contributed by atoms with Gasteiger partial charge in [-0.25, -0.2) is 0 Å². The number of ether oxygens (including phenoxy) is 4. The van der Waals surface area contributed by atoms with Crippen LogP contribution in [-0.4, -0.2) is 91.6 Å². The number of hydrogen-bond donors (Lipinski definition) is 2. The number of nitrogens with two attached hydrogens (primary N) is 1. The number of nitro benzene ring substituents is 1. The van der Waals surface area contributed by atoms with Gasteiger partial charge in [-0.1, -0.05) is 6.92 Å². The maximum Gasteiger partial charge on any atom is 0.273 e. The lowest BCUT2D eigenvalue weighted by molar-refractivity contribution is -0.385. The summed E-state index contributed by atoms with van der Waals surface area (Å²) < 4.78 is 22.6. The molecule has 1 atom stereocenters. The molecule has 242 valence electrons. The van der Waals surface area contributed by atoms with Crippen LogP contribution in [-0.2, 0) is 0 Å². The van der Waals surface area contributed by atoms with Gasteiger partial charge in [-0.15, -0.1) is 0 Å². The van der Waals surface area contributed by atoms with Gasteiger partial charge in [0.15, 0.2) is 23.0 Å². The van der Waals surface area contributed by atoms with Crippen molar-refractivity contribution in [3.63, 3.8) is 0 Å². The summed E-state index contributed by atoms with van der Waals surface area (Å²) in [6.07, 6.45) is 5.66. The third-order valence-corrected chi connectivity index (χ3v) is 8.03. The van der Waals surface area contributed by atoms with Crippen LogP contribution in [0.4, 0.5) is 11.4 Å². The minimum Gasteiger partial charge on any atom is -0.493 e. The fourth-order valence-electron chi connectivity index (χ4n) is 5.21. The van der Waals surface area contributed by atoms with Crippen LogP contribution in [0.5, 0.6) is 23.0 Å². The molecular weight excluding hydrogens is 552 g/mol. The summed E-state index contributed by atoms with van der Waals surface area (Å²) in [4.78, 5) is 15.3. The van der Waals surface area contributed by atoms with E-state index in [2.05, 4.69) is 37.5 Å². The van der Waals surface area contributed by atoms with Crippen LogP contribution >= 0.6 is 0 Å². The van der Waals surface area contributed by atoms with Gasteiger partial charge in [-0.2, -0.15) is 0 Å². The Bertz CT molecular complexity index is 1100. The molecule has 43 heavy (non-hydrogen) atoms. The largest absolute Gasteiger partial charge is 0.493 e.